The van der Waals surface area contributed by atoms with Crippen LogP contribution in [0.5, 0.6) is 0 Å². The minimum absolute atomic E-state index is 0.0417. The Morgan fingerprint density at radius 2 is 1.08 bits per heavy atom. The van der Waals surface area contributed by atoms with Crippen molar-refractivity contribution in [3.05, 3.63) is 185 Å². The normalized spacial score (nSPS) is 18.6. The van der Waals surface area contributed by atoms with Gasteiger partial charge in [-0.25, -0.2) is 0 Å². The summed E-state index contributed by atoms with van der Waals surface area (Å²) < 4.78 is 0. The van der Waals surface area contributed by atoms with Gasteiger partial charge >= 0.3 is 0 Å². The molecule has 0 saturated heterocycles. The van der Waals surface area contributed by atoms with Crippen molar-refractivity contribution in [1.82, 2.24) is 0 Å². The first-order chi connectivity index (χ1) is 25.1. The van der Waals surface area contributed by atoms with Gasteiger partial charge in [-0.15, -0.1) is 0 Å². The van der Waals surface area contributed by atoms with Crippen molar-refractivity contribution in [2.75, 3.05) is 4.90 Å². The fraction of sp³-hybridized carbons (Fsp3) is 0.216. The van der Waals surface area contributed by atoms with Crippen molar-refractivity contribution in [3.8, 4) is 33.4 Å². The van der Waals surface area contributed by atoms with E-state index in [4.69, 9.17) is 0 Å². The first-order valence-electron chi connectivity index (χ1n) is 18.9. The van der Waals surface area contributed by atoms with Gasteiger partial charge in [-0.1, -0.05) is 144 Å². The smallest absolute Gasteiger partial charge is 0.0657 e. The summed E-state index contributed by atoms with van der Waals surface area (Å²) in [4.78, 5) is 2.62. The number of allylic oxidation sites excluding steroid dienone is 2. The predicted molar refractivity (Wildman–Crippen MR) is 222 cm³/mol. The third kappa shape index (κ3) is 4.82. The summed E-state index contributed by atoms with van der Waals surface area (Å²) in [7, 11) is 0. The Labute approximate surface area is 310 Å². The molecule has 0 aliphatic heterocycles. The van der Waals surface area contributed by atoms with Crippen LogP contribution in [0.3, 0.4) is 0 Å². The monoisotopic (exact) mass is 673 g/mol. The van der Waals surface area contributed by atoms with E-state index in [0.29, 0.717) is 5.92 Å². The van der Waals surface area contributed by atoms with Crippen LogP contribution in [0.25, 0.3) is 39.0 Å². The molecule has 0 aromatic heterocycles. The summed E-state index contributed by atoms with van der Waals surface area (Å²) in [5, 5.41) is 0. The molecule has 52 heavy (non-hydrogen) atoms. The van der Waals surface area contributed by atoms with Gasteiger partial charge < -0.3 is 4.90 Å². The zero-order valence-electron chi connectivity index (χ0n) is 31.5. The van der Waals surface area contributed by atoms with Gasteiger partial charge in [0.25, 0.3) is 0 Å². The van der Waals surface area contributed by atoms with Crippen molar-refractivity contribution in [3.63, 3.8) is 0 Å². The van der Waals surface area contributed by atoms with Gasteiger partial charge in [-0.2, -0.15) is 0 Å². The molecule has 3 aliphatic carbocycles. The lowest BCUT2D eigenvalue weighted by molar-refractivity contribution is 0.621. The van der Waals surface area contributed by atoms with E-state index in [0.717, 1.165) is 0 Å². The van der Waals surface area contributed by atoms with Gasteiger partial charge in [0.2, 0.25) is 0 Å². The van der Waals surface area contributed by atoms with Crippen LogP contribution in [0.15, 0.2) is 146 Å². The summed E-state index contributed by atoms with van der Waals surface area (Å²) in [6, 6.07) is 47.9. The molecule has 9 rings (SSSR count). The van der Waals surface area contributed by atoms with Crippen molar-refractivity contribution < 1.29 is 0 Å². The van der Waals surface area contributed by atoms with E-state index in [-0.39, 0.29) is 16.9 Å². The first kappa shape index (κ1) is 32.5. The Morgan fingerprint density at radius 1 is 0.500 bits per heavy atom. The van der Waals surface area contributed by atoms with Gasteiger partial charge in [0.1, 0.15) is 0 Å². The highest BCUT2D eigenvalue weighted by Gasteiger charge is 2.43. The average Bonchev–Trinajstić information content (AvgIpc) is 3.52. The molecule has 2 unspecified atom stereocenters. The Morgan fingerprint density at radius 3 is 1.73 bits per heavy atom. The van der Waals surface area contributed by atoms with Crippen LogP contribution in [0.2, 0.25) is 0 Å². The maximum atomic E-state index is 2.62. The van der Waals surface area contributed by atoms with Crippen LogP contribution in [0, 0.1) is 19.8 Å². The Balaban J connectivity index is 1.23. The van der Waals surface area contributed by atoms with E-state index in [1.54, 1.807) is 0 Å². The van der Waals surface area contributed by atoms with Crippen molar-refractivity contribution in [1.29, 1.82) is 0 Å². The van der Waals surface area contributed by atoms with E-state index in [1.165, 1.54) is 89.3 Å². The van der Waals surface area contributed by atoms with Gasteiger partial charge in [0, 0.05) is 22.2 Å². The number of aryl methyl sites for hydroxylation is 2. The van der Waals surface area contributed by atoms with E-state index in [1.807, 2.05) is 0 Å². The lowest BCUT2D eigenvalue weighted by Gasteiger charge is -2.40. The SMILES string of the molecule is Cc1cccc2c1-c1cc3c(cc1C2(C)C)-c1c(C)cc(N(c2ccc(-c4ccccc4)cc2)C2C(c4ccccc4)=CC=CC2C)cc1C3(C)C. The van der Waals surface area contributed by atoms with E-state index in [2.05, 4.69) is 199 Å². The predicted octanol–water partition coefficient (Wildman–Crippen LogP) is 13.4. The quantitative estimate of drug-likeness (QED) is 0.176. The van der Waals surface area contributed by atoms with Crippen LogP contribution >= 0.6 is 0 Å². The Bertz CT molecular complexity index is 2420. The average molecular weight is 674 g/mol. The molecule has 2 atom stereocenters. The summed E-state index contributed by atoms with van der Waals surface area (Å²) in [6.45, 7) is 16.6. The molecule has 6 aromatic rings. The minimum Gasteiger partial charge on any atom is -0.333 e. The third-order valence-corrected chi connectivity index (χ3v) is 12.4. The second kappa shape index (κ2) is 11.8. The second-order valence-electron chi connectivity index (χ2n) is 16.3. The van der Waals surface area contributed by atoms with Crippen molar-refractivity contribution >= 4 is 16.9 Å². The number of nitrogens with zero attached hydrogens (tertiary/aromatic N) is 1. The van der Waals surface area contributed by atoms with E-state index in [9.17, 15) is 0 Å². The highest BCUT2D eigenvalue weighted by atomic mass is 15.2. The maximum Gasteiger partial charge on any atom is 0.0657 e. The van der Waals surface area contributed by atoms with Crippen LogP contribution in [-0.2, 0) is 10.8 Å². The van der Waals surface area contributed by atoms with Gasteiger partial charge in [0.15, 0.2) is 0 Å². The van der Waals surface area contributed by atoms with Gasteiger partial charge in [-0.05, 0) is 134 Å². The van der Waals surface area contributed by atoms with E-state index >= 15 is 0 Å². The van der Waals surface area contributed by atoms with Crippen LogP contribution in [0.1, 0.15) is 73.6 Å². The number of rotatable bonds is 5. The Kier molecular flexibility index (Phi) is 7.39. The molecule has 256 valence electrons. The molecule has 1 nitrogen and oxygen atoms in total. The number of fused-ring (bicyclic) bond motifs is 6. The highest BCUT2D eigenvalue weighted by Crippen LogP contribution is 2.58. The van der Waals surface area contributed by atoms with Crippen LogP contribution < -0.4 is 4.90 Å². The molecular formula is C51H47N. The van der Waals surface area contributed by atoms with E-state index < -0.39 is 0 Å². The largest absolute Gasteiger partial charge is 0.333 e. The molecule has 0 radical (unpaired) electrons. The second-order valence-corrected chi connectivity index (χ2v) is 16.3. The first-order valence-corrected chi connectivity index (χ1v) is 18.9. The molecule has 3 aliphatic rings. The number of hydrogen-bond acceptors (Lipinski definition) is 1. The molecule has 0 N–H and O–H groups in total. The Hall–Kier alpha value is -5.40. The summed E-state index contributed by atoms with van der Waals surface area (Å²) in [6.07, 6.45) is 6.94. The van der Waals surface area contributed by atoms with Gasteiger partial charge in [-0.3, -0.25) is 0 Å². The lowest BCUT2D eigenvalue weighted by atomic mass is 9.79. The third-order valence-electron chi connectivity index (χ3n) is 12.4. The number of anilines is 2. The molecule has 1 heteroatoms. The van der Waals surface area contributed by atoms with Crippen molar-refractivity contribution in [2.45, 2.75) is 65.3 Å². The van der Waals surface area contributed by atoms with Crippen LogP contribution in [0.4, 0.5) is 11.4 Å². The minimum atomic E-state index is -0.158. The zero-order chi connectivity index (χ0) is 35.9. The fourth-order valence-electron chi connectivity index (χ4n) is 9.65. The maximum absolute atomic E-state index is 2.62. The molecule has 0 heterocycles. The molecule has 0 amide bonds. The van der Waals surface area contributed by atoms with Gasteiger partial charge in [0.05, 0.1) is 6.04 Å². The summed E-state index contributed by atoms with van der Waals surface area (Å²) in [5.41, 5.74) is 21.4. The molecular weight excluding hydrogens is 627 g/mol. The van der Waals surface area contributed by atoms with Crippen LogP contribution in [-0.4, -0.2) is 6.04 Å². The molecule has 0 spiro atoms. The number of hydrogen-bond donors (Lipinski definition) is 0. The lowest BCUT2D eigenvalue weighted by Crippen LogP contribution is -2.38. The van der Waals surface area contributed by atoms with Crippen molar-refractivity contribution in [2.24, 2.45) is 5.92 Å². The number of benzene rings is 6. The zero-order valence-corrected chi connectivity index (χ0v) is 31.5. The summed E-state index contributed by atoms with van der Waals surface area (Å²) in [5.74, 6) is 0.293. The molecule has 6 aromatic carbocycles. The summed E-state index contributed by atoms with van der Waals surface area (Å²) >= 11 is 0. The highest BCUT2D eigenvalue weighted by molar-refractivity contribution is 5.93. The standard InChI is InChI=1S/C51H47N/c1-32-16-15-23-43-47(32)41-30-45-42(31-44(41)50(43,4)5)48-34(3)28-39(29-46(48)51(45,6)7)52(38-26-24-36(25-27-38)35-18-10-8-11-19-35)49-33(2)17-14-22-40(49)37-20-12-9-13-21-37/h8-31,33,49H,1-7H3. The topological polar surface area (TPSA) is 3.24 Å². The fourth-order valence-corrected chi connectivity index (χ4v) is 9.65. The molecule has 0 fully saturated rings. The molecule has 0 saturated carbocycles. The molecule has 0 bridgehead atoms.